The van der Waals surface area contributed by atoms with Crippen molar-refractivity contribution in [2.24, 2.45) is 0 Å². The highest BCUT2D eigenvalue weighted by atomic mass is 32.2. The molecular weight excluding hydrogens is 276 g/mol. The summed E-state index contributed by atoms with van der Waals surface area (Å²) in [6.07, 6.45) is 2.35. The number of aryl methyl sites for hydroxylation is 1. The van der Waals surface area contributed by atoms with Gasteiger partial charge >= 0.3 is 0 Å². The van der Waals surface area contributed by atoms with Crippen molar-refractivity contribution in [1.29, 1.82) is 0 Å². The summed E-state index contributed by atoms with van der Waals surface area (Å²) in [4.78, 5) is 0. The second-order valence-electron chi connectivity index (χ2n) is 5.59. The first kappa shape index (κ1) is 15.5. The van der Waals surface area contributed by atoms with E-state index >= 15 is 0 Å². The van der Waals surface area contributed by atoms with E-state index in [0.29, 0.717) is 19.1 Å². The number of aromatic nitrogens is 2. The van der Waals surface area contributed by atoms with Gasteiger partial charge in [0.1, 0.15) is 0 Å². The quantitative estimate of drug-likeness (QED) is 0.797. The molecule has 7 heteroatoms. The monoisotopic (exact) mass is 300 g/mol. The number of H-pyrrole nitrogens is 1. The number of rotatable bonds is 7. The smallest absolute Gasteiger partial charge is 0.262 e. The second-order valence-corrected chi connectivity index (χ2v) is 7.40. The highest BCUT2D eigenvalue weighted by molar-refractivity contribution is 7.89. The molecule has 0 atom stereocenters. The van der Waals surface area contributed by atoms with Crippen LogP contribution in [0.5, 0.6) is 0 Å². The van der Waals surface area contributed by atoms with Crippen LogP contribution in [0.4, 0.5) is 0 Å². The van der Waals surface area contributed by atoms with Gasteiger partial charge < -0.3 is 5.32 Å². The van der Waals surface area contributed by atoms with E-state index in [2.05, 4.69) is 15.5 Å². The Labute approximate surface area is 121 Å². The molecule has 2 N–H and O–H groups in total. The van der Waals surface area contributed by atoms with Crippen molar-refractivity contribution < 1.29 is 8.42 Å². The molecule has 0 aliphatic heterocycles. The summed E-state index contributed by atoms with van der Waals surface area (Å²) in [5.74, 6) is 0. The van der Waals surface area contributed by atoms with Gasteiger partial charge in [-0.3, -0.25) is 5.10 Å². The average Bonchev–Trinajstić information content (AvgIpc) is 3.10. The fourth-order valence-corrected chi connectivity index (χ4v) is 4.12. The van der Waals surface area contributed by atoms with Gasteiger partial charge in [0.15, 0.2) is 5.03 Å². The summed E-state index contributed by atoms with van der Waals surface area (Å²) >= 11 is 0. The Hall–Kier alpha value is -0.920. The molecule has 0 unspecified atom stereocenters. The maximum atomic E-state index is 12.7. The van der Waals surface area contributed by atoms with Gasteiger partial charge in [-0.25, -0.2) is 8.42 Å². The molecule has 1 aromatic rings. The zero-order valence-corrected chi connectivity index (χ0v) is 13.4. The van der Waals surface area contributed by atoms with Crippen LogP contribution in [0.15, 0.2) is 5.03 Å². The highest BCUT2D eigenvalue weighted by Crippen LogP contribution is 2.24. The predicted molar refractivity (Wildman–Crippen MR) is 77.9 cm³/mol. The SMILES string of the molecule is CCN(C(C)C)S(=O)(=O)c1n[nH]c(C)c1CNC1CC1. The van der Waals surface area contributed by atoms with Crippen LogP contribution in [0.1, 0.15) is 44.9 Å². The summed E-state index contributed by atoms with van der Waals surface area (Å²) in [5, 5.41) is 10.4. The summed E-state index contributed by atoms with van der Waals surface area (Å²) in [5.41, 5.74) is 1.58. The molecule has 1 aliphatic carbocycles. The lowest BCUT2D eigenvalue weighted by atomic mass is 10.2. The zero-order chi connectivity index (χ0) is 14.9. The van der Waals surface area contributed by atoms with E-state index in [1.54, 1.807) is 0 Å². The summed E-state index contributed by atoms with van der Waals surface area (Å²) in [7, 11) is -3.54. The fraction of sp³-hybridized carbons (Fsp3) is 0.769. The molecule has 2 rings (SSSR count). The van der Waals surface area contributed by atoms with Crippen molar-refractivity contribution in [2.45, 2.75) is 64.2 Å². The van der Waals surface area contributed by atoms with E-state index in [0.717, 1.165) is 11.3 Å². The number of aromatic amines is 1. The van der Waals surface area contributed by atoms with Crippen molar-refractivity contribution in [3.05, 3.63) is 11.3 Å². The minimum Gasteiger partial charge on any atom is -0.310 e. The number of hydrogen-bond acceptors (Lipinski definition) is 4. The molecule has 0 bridgehead atoms. The molecule has 1 aromatic heterocycles. The first-order valence-corrected chi connectivity index (χ1v) is 8.61. The molecule has 0 radical (unpaired) electrons. The maximum absolute atomic E-state index is 12.7. The minimum absolute atomic E-state index is 0.0775. The topological polar surface area (TPSA) is 78.1 Å². The summed E-state index contributed by atoms with van der Waals surface area (Å²) in [6.45, 7) is 8.46. The molecule has 0 aromatic carbocycles. The third-order valence-corrected chi connectivity index (χ3v) is 5.75. The van der Waals surface area contributed by atoms with Gasteiger partial charge in [0.2, 0.25) is 0 Å². The van der Waals surface area contributed by atoms with Gasteiger partial charge in [-0.05, 0) is 33.6 Å². The number of hydrogen-bond donors (Lipinski definition) is 2. The average molecular weight is 300 g/mol. The Morgan fingerprint density at radius 3 is 2.60 bits per heavy atom. The van der Waals surface area contributed by atoms with Crippen LogP contribution < -0.4 is 5.32 Å². The lowest BCUT2D eigenvalue weighted by molar-refractivity contribution is 0.367. The molecule has 20 heavy (non-hydrogen) atoms. The van der Waals surface area contributed by atoms with Crippen molar-refractivity contribution in [3.8, 4) is 0 Å². The first-order chi connectivity index (χ1) is 9.37. The first-order valence-electron chi connectivity index (χ1n) is 7.17. The normalized spacial score (nSPS) is 16.3. The molecule has 1 fully saturated rings. The van der Waals surface area contributed by atoms with Gasteiger partial charge in [-0.15, -0.1) is 0 Å². The molecule has 0 spiro atoms. The van der Waals surface area contributed by atoms with Crippen LogP contribution >= 0.6 is 0 Å². The zero-order valence-electron chi connectivity index (χ0n) is 12.6. The molecule has 1 saturated carbocycles. The Bertz CT molecular complexity index is 561. The van der Waals surface area contributed by atoms with Crippen LogP contribution in [-0.2, 0) is 16.6 Å². The third-order valence-electron chi connectivity index (χ3n) is 3.62. The summed E-state index contributed by atoms with van der Waals surface area (Å²) in [6, 6.07) is 0.457. The van der Waals surface area contributed by atoms with Gasteiger partial charge in [0.25, 0.3) is 10.0 Å². The van der Waals surface area contributed by atoms with Gasteiger partial charge in [-0.1, -0.05) is 6.92 Å². The van der Waals surface area contributed by atoms with Crippen LogP contribution in [0.3, 0.4) is 0 Å². The lowest BCUT2D eigenvalue weighted by Crippen LogP contribution is -2.37. The van der Waals surface area contributed by atoms with E-state index in [9.17, 15) is 8.42 Å². The van der Waals surface area contributed by atoms with E-state index < -0.39 is 10.0 Å². The van der Waals surface area contributed by atoms with E-state index in [-0.39, 0.29) is 11.1 Å². The molecule has 1 heterocycles. The molecule has 114 valence electrons. The molecular formula is C13H24N4O2S. The Morgan fingerprint density at radius 2 is 2.10 bits per heavy atom. The van der Waals surface area contributed by atoms with Crippen molar-refractivity contribution in [1.82, 2.24) is 19.8 Å². The van der Waals surface area contributed by atoms with Crippen LogP contribution in [0.2, 0.25) is 0 Å². The molecule has 6 nitrogen and oxygen atoms in total. The standard InChI is InChI=1S/C13H24N4O2S/c1-5-17(9(2)3)20(18,19)13-12(10(4)15-16-13)8-14-11-6-7-11/h9,11,14H,5-8H2,1-4H3,(H,15,16). The molecule has 0 saturated heterocycles. The minimum atomic E-state index is -3.54. The number of nitrogens with one attached hydrogen (secondary N) is 2. The van der Waals surface area contributed by atoms with E-state index in [1.807, 2.05) is 27.7 Å². The molecule has 0 amide bonds. The second kappa shape index (κ2) is 5.83. The maximum Gasteiger partial charge on any atom is 0.262 e. The van der Waals surface area contributed by atoms with Crippen molar-refractivity contribution in [2.75, 3.05) is 6.54 Å². The fourth-order valence-electron chi connectivity index (χ4n) is 2.31. The Morgan fingerprint density at radius 1 is 1.45 bits per heavy atom. The van der Waals surface area contributed by atoms with Gasteiger partial charge in [-0.2, -0.15) is 9.40 Å². The van der Waals surface area contributed by atoms with Crippen LogP contribution in [0.25, 0.3) is 0 Å². The van der Waals surface area contributed by atoms with E-state index in [4.69, 9.17) is 0 Å². The van der Waals surface area contributed by atoms with Crippen LogP contribution in [-0.4, -0.2) is 41.5 Å². The number of sulfonamides is 1. The molecule has 1 aliphatic rings. The van der Waals surface area contributed by atoms with E-state index in [1.165, 1.54) is 17.1 Å². The van der Waals surface area contributed by atoms with Gasteiger partial charge in [0, 0.05) is 36.4 Å². The van der Waals surface area contributed by atoms with Gasteiger partial charge in [0.05, 0.1) is 0 Å². The largest absolute Gasteiger partial charge is 0.310 e. The highest BCUT2D eigenvalue weighted by Gasteiger charge is 2.32. The van der Waals surface area contributed by atoms with Crippen molar-refractivity contribution >= 4 is 10.0 Å². The Balaban J connectivity index is 2.30. The summed E-state index contributed by atoms with van der Waals surface area (Å²) < 4.78 is 26.9. The lowest BCUT2D eigenvalue weighted by Gasteiger charge is -2.23. The Kier molecular flexibility index (Phi) is 4.51. The third kappa shape index (κ3) is 3.05. The predicted octanol–water partition coefficient (Wildman–Crippen LogP) is 1.39. The van der Waals surface area contributed by atoms with Crippen LogP contribution in [0, 0.1) is 6.92 Å². The van der Waals surface area contributed by atoms with Crippen molar-refractivity contribution in [3.63, 3.8) is 0 Å². The number of nitrogens with zero attached hydrogens (tertiary/aromatic N) is 2.